The number of aryl methyl sites for hydroxylation is 1. The molecule has 4 rings (SSSR count). The van der Waals surface area contributed by atoms with Gasteiger partial charge in [-0.3, -0.25) is 19.3 Å². The van der Waals surface area contributed by atoms with Crippen molar-refractivity contribution in [2.24, 2.45) is 5.92 Å². The Labute approximate surface area is 186 Å². The van der Waals surface area contributed by atoms with Crippen molar-refractivity contribution in [3.05, 3.63) is 65.2 Å². The summed E-state index contributed by atoms with van der Waals surface area (Å²) in [6.45, 7) is 3.48. The number of nitrogens with zero attached hydrogens (tertiary/aromatic N) is 1. The van der Waals surface area contributed by atoms with Crippen molar-refractivity contribution in [2.75, 3.05) is 11.9 Å². The van der Waals surface area contributed by atoms with Crippen LogP contribution in [0, 0.1) is 5.92 Å². The van der Waals surface area contributed by atoms with E-state index >= 15 is 0 Å². The molecular weight excluding hydrogens is 408 g/mol. The fourth-order valence-corrected chi connectivity index (χ4v) is 4.18. The molecule has 1 fully saturated rings. The molecule has 1 unspecified atom stereocenters. The summed E-state index contributed by atoms with van der Waals surface area (Å²) < 4.78 is 0. The van der Waals surface area contributed by atoms with Crippen LogP contribution in [0.5, 0.6) is 0 Å². The molecule has 1 aliphatic heterocycles. The molecule has 2 aromatic rings. The molecule has 0 bridgehead atoms. The van der Waals surface area contributed by atoms with Gasteiger partial charge in [-0.25, -0.2) is 4.79 Å². The van der Waals surface area contributed by atoms with Crippen molar-refractivity contribution in [3.8, 4) is 0 Å². The van der Waals surface area contributed by atoms with E-state index in [2.05, 4.69) is 16.0 Å². The van der Waals surface area contributed by atoms with Gasteiger partial charge in [0.05, 0.1) is 0 Å². The van der Waals surface area contributed by atoms with E-state index in [0.29, 0.717) is 18.5 Å². The third-order valence-electron chi connectivity index (χ3n) is 5.93. The number of hydrogen-bond donors (Lipinski definition) is 3. The highest BCUT2D eigenvalue weighted by atomic mass is 16.2. The zero-order valence-corrected chi connectivity index (χ0v) is 18.1. The minimum Gasteiger partial charge on any atom is -0.350 e. The van der Waals surface area contributed by atoms with Gasteiger partial charge in [0.2, 0.25) is 11.8 Å². The number of anilines is 1. The minimum atomic E-state index is -1.07. The fraction of sp³-hybridized carbons (Fsp3) is 0.333. The second-order valence-corrected chi connectivity index (χ2v) is 8.50. The lowest BCUT2D eigenvalue weighted by molar-refractivity contribution is -0.135. The Morgan fingerprint density at radius 3 is 2.69 bits per heavy atom. The topological polar surface area (TPSA) is 108 Å². The van der Waals surface area contributed by atoms with Gasteiger partial charge in [-0.2, -0.15) is 0 Å². The number of carbonyl (C=O) groups is 4. The minimum absolute atomic E-state index is 0.0906. The second kappa shape index (κ2) is 8.45. The lowest BCUT2D eigenvalue weighted by Gasteiger charge is -2.22. The first-order chi connectivity index (χ1) is 15.3. The molecule has 1 aliphatic carbocycles. The summed E-state index contributed by atoms with van der Waals surface area (Å²) >= 11 is 0. The number of fused-ring (bicyclic) bond motifs is 2. The lowest BCUT2D eigenvalue weighted by atomic mass is 9.92. The van der Waals surface area contributed by atoms with Gasteiger partial charge in [-0.1, -0.05) is 50.2 Å². The molecule has 0 radical (unpaired) electrons. The molecule has 166 valence electrons. The van der Waals surface area contributed by atoms with Gasteiger partial charge in [0.1, 0.15) is 12.1 Å². The first kappa shape index (κ1) is 21.5. The molecule has 8 nitrogen and oxygen atoms in total. The predicted octanol–water partition coefficient (Wildman–Crippen LogP) is 2.29. The Bertz CT molecular complexity index is 1100. The zero-order chi connectivity index (χ0) is 22.9. The zero-order valence-electron chi connectivity index (χ0n) is 18.1. The summed E-state index contributed by atoms with van der Waals surface area (Å²) in [7, 11) is 0. The highest BCUT2D eigenvalue weighted by Gasteiger charge is 2.55. The standard InChI is InChI=1S/C24H26N4O4/c1-15(2)21(30)26-18-8-5-6-16(12-18)13-25-20(29)14-28-22(31)24(27-23(28)32)11-10-17-7-3-4-9-19(17)24/h3-9,12,15H,10-11,13-14H2,1-2H3,(H,25,29)(H,26,30)(H,27,32). The molecule has 8 heteroatoms. The van der Waals surface area contributed by atoms with Crippen LogP contribution in [-0.2, 0) is 32.9 Å². The van der Waals surface area contributed by atoms with Gasteiger partial charge in [0.15, 0.2) is 0 Å². The summed E-state index contributed by atoms with van der Waals surface area (Å²) in [5.74, 6) is -1.06. The van der Waals surface area contributed by atoms with E-state index < -0.39 is 17.5 Å². The van der Waals surface area contributed by atoms with Crippen molar-refractivity contribution in [1.29, 1.82) is 0 Å². The van der Waals surface area contributed by atoms with Crippen LogP contribution in [-0.4, -0.2) is 35.2 Å². The highest BCUT2D eigenvalue weighted by Crippen LogP contribution is 2.41. The van der Waals surface area contributed by atoms with E-state index in [1.165, 1.54) is 0 Å². The summed E-state index contributed by atoms with van der Waals surface area (Å²) in [6.07, 6.45) is 1.19. The molecule has 1 heterocycles. The molecule has 2 aromatic carbocycles. The van der Waals surface area contributed by atoms with E-state index in [1.807, 2.05) is 44.2 Å². The molecule has 2 aliphatic rings. The number of hydrogen-bond acceptors (Lipinski definition) is 4. The van der Waals surface area contributed by atoms with Crippen LogP contribution in [0.4, 0.5) is 10.5 Å². The van der Waals surface area contributed by atoms with Gasteiger partial charge >= 0.3 is 6.03 Å². The highest BCUT2D eigenvalue weighted by molar-refractivity contribution is 6.09. The van der Waals surface area contributed by atoms with E-state index in [-0.39, 0.29) is 30.8 Å². The second-order valence-electron chi connectivity index (χ2n) is 8.50. The third-order valence-corrected chi connectivity index (χ3v) is 5.93. The summed E-state index contributed by atoms with van der Waals surface area (Å²) in [5.41, 5.74) is 2.21. The lowest BCUT2D eigenvalue weighted by Crippen LogP contribution is -2.43. The van der Waals surface area contributed by atoms with Crippen molar-refractivity contribution in [3.63, 3.8) is 0 Å². The molecule has 0 saturated carbocycles. The normalized spacial score (nSPS) is 19.3. The van der Waals surface area contributed by atoms with Gasteiger partial charge in [0, 0.05) is 18.2 Å². The number of amides is 5. The Kier molecular flexibility index (Phi) is 5.69. The quantitative estimate of drug-likeness (QED) is 0.606. The number of rotatable bonds is 6. The SMILES string of the molecule is CC(C)C(=O)Nc1cccc(CNC(=O)CN2C(=O)NC3(CCc4ccccc43)C2=O)c1. The summed E-state index contributed by atoms with van der Waals surface area (Å²) in [5, 5.41) is 8.38. The Morgan fingerprint density at radius 1 is 1.12 bits per heavy atom. The van der Waals surface area contributed by atoms with Crippen LogP contribution < -0.4 is 16.0 Å². The Hall–Kier alpha value is -3.68. The number of benzene rings is 2. The summed E-state index contributed by atoms with van der Waals surface area (Å²) in [6, 6.07) is 14.2. The number of imide groups is 1. The molecule has 5 amide bonds. The third kappa shape index (κ3) is 3.95. The van der Waals surface area contributed by atoms with Crippen LogP contribution in [0.2, 0.25) is 0 Å². The van der Waals surface area contributed by atoms with E-state index in [1.54, 1.807) is 18.2 Å². The first-order valence-corrected chi connectivity index (χ1v) is 10.7. The first-order valence-electron chi connectivity index (χ1n) is 10.7. The van der Waals surface area contributed by atoms with Gasteiger partial charge in [-0.05, 0) is 41.7 Å². The van der Waals surface area contributed by atoms with Crippen LogP contribution in [0.15, 0.2) is 48.5 Å². The van der Waals surface area contributed by atoms with E-state index in [4.69, 9.17) is 0 Å². The maximum absolute atomic E-state index is 13.1. The largest absolute Gasteiger partial charge is 0.350 e. The van der Waals surface area contributed by atoms with Gasteiger partial charge in [-0.15, -0.1) is 0 Å². The van der Waals surface area contributed by atoms with Gasteiger partial charge in [0.25, 0.3) is 5.91 Å². The Morgan fingerprint density at radius 2 is 1.91 bits per heavy atom. The number of nitrogens with one attached hydrogen (secondary N) is 3. The van der Waals surface area contributed by atoms with E-state index in [9.17, 15) is 19.2 Å². The monoisotopic (exact) mass is 434 g/mol. The van der Waals surface area contributed by atoms with Crippen molar-refractivity contribution >= 4 is 29.4 Å². The van der Waals surface area contributed by atoms with Crippen LogP contribution >= 0.6 is 0 Å². The number of carbonyl (C=O) groups excluding carboxylic acids is 4. The Balaban J connectivity index is 1.38. The predicted molar refractivity (Wildman–Crippen MR) is 118 cm³/mol. The molecular formula is C24H26N4O4. The maximum Gasteiger partial charge on any atom is 0.325 e. The average molecular weight is 434 g/mol. The van der Waals surface area contributed by atoms with Crippen molar-refractivity contribution < 1.29 is 19.2 Å². The van der Waals surface area contributed by atoms with Crippen molar-refractivity contribution in [1.82, 2.24) is 15.5 Å². The smallest absolute Gasteiger partial charge is 0.325 e. The molecule has 1 atom stereocenters. The summed E-state index contributed by atoms with van der Waals surface area (Å²) in [4.78, 5) is 51.0. The van der Waals surface area contributed by atoms with Crippen molar-refractivity contribution in [2.45, 2.75) is 38.8 Å². The molecule has 32 heavy (non-hydrogen) atoms. The molecule has 0 aromatic heterocycles. The number of urea groups is 1. The molecule has 1 saturated heterocycles. The molecule has 1 spiro atoms. The van der Waals surface area contributed by atoms with E-state index in [0.717, 1.165) is 21.6 Å². The molecule has 3 N–H and O–H groups in total. The average Bonchev–Trinajstić information content (AvgIpc) is 3.25. The van der Waals surface area contributed by atoms with Crippen LogP contribution in [0.1, 0.15) is 37.0 Å². The fourth-order valence-electron chi connectivity index (χ4n) is 4.18. The van der Waals surface area contributed by atoms with Gasteiger partial charge < -0.3 is 16.0 Å². The van der Waals surface area contributed by atoms with Crippen LogP contribution in [0.25, 0.3) is 0 Å². The maximum atomic E-state index is 13.1. The van der Waals surface area contributed by atoms with Crippen LogP contribution in [0.3, 0.4) is 0 Å².